The zero-order valence-corrected chi connectivity index (χ0v) is 14.2. The Morgan fingerprint density at radius 2 is 1.08 bits per heavy atom. The van der Waals surface area contributed by atoms with Crippen molar-refractivity contribution in [3.63, 3.8) is 0 Å². The first-order valence-corrected chi connectivity index (χ1v) is 9.41. The van der Waals surface area contributed by atoms with Crippen LogP contribution < -0.4 is 0 Å². The van der Waals surface area contributed by atoms with Crippen LogP contribution in [-0.2, 0) is 28.9 Å². The van der Waals surface area contributed by atoms with Crippen LogP contribution >= 0.6 is 0 Å². The summed E-state index contributed by atoms with van der Waals surface area (Å²) in [5, 5.41) is 9.05. The molecule has 24 heavy (non-hydrogen) atoms. The minimum Gasteiger partial charge on any atom is -0.392 e. The summed E-state index contributed by atoms with van der Waals surface area (Å²) in [7, 11) is -0.944. The van der Waals surface area contributed by atoms with Gasteiger partial charge in [0.2, 0.25) is 0 Å². The molecule has 2 nitrogen and oxygen atoms in total. The molecule has 122 valence electrons. The highest BCUT2D eigenvalue weighted by Gasteiger charge is 2.05. The number of aliphatic hydroxyl groups excluding tert-OH is 1. The zero-order chi connectivity index (χ0) is 16.8. The molecule has 0 heterocycles. The standard InChI is InChI=1S/C21H20O2S/c22-14-17-6-8-18(9-7-17)15-24(23)16-19-10-12-21(13-11-19)20-4-2-1-3-5-20/h1-13,22H,14-16H2. The summed E-state index contributed by atoms with van der Waals surface area (Å²) >= 11 is 0. The van der Waals surface area contributed by atoms with Crippen LogP contribution in [0.15, 0.2) is 78.9 Å². The molecule has 0 bridgehead atoms. The van der Waals surface area contributed by atoms with E-state index in [2.05, 4.69) is 36.4 Å². The Bertz CT molecular complexity index is 794. The van der Waals surface area contributed by atoms with Gasteiger partial charge in [-0.3, -0.25) is 4.21 Å². The lowest BCUT2D eigenvalue weighted by atomic mass is 10.0. The largest absolute Gasteiger partial charge is 0.392 e. The lowest BCUT2D eigenvalue weighted by molar-refractivity contribution is 0.282. The third-order valence-electron chi connectivity index (χ3n) is 3.92. The van der Waals surface area contributed by atoms with Gasteiger partial charge in [0.15, 0.2) is 0 Å². The minimum absolute atomic E-state index is 0.0388. The van der Waals surface area contributed by atoms with E-state index in [0.717, 1.165) is 16.7 Å². The minimum atomic E-state index is -0.944. The quantitative estimate of drug-likeness (QED) is 0.729. The number of rotatable bonds is 6. The fourth-order valence-corrected chi connectivity index (χ4v) is 3.82. The molecular weight excluding hydrogens is 316 g/mol. The third-order valence-corrected chi connectivity index (χ3v) is 5.23. The van der Waals surface area contributed by atoms with Crippen LogP contribution in [0.3, 0.4) is 0 Å². The Morgan fingerprint density at radius 3 is 1.62 bits per heavy atom. The van der Waals surface area contributed by atoms with E-state index in [4.69, 9.17) is 5.11 Å². The van der Waals surface area contributed by atoms with E-state index in [1.165, 1.54) is 11.1 Å². The van der Waals surface area contributed by atoms with E-state index in [0.29, 0.717) is 11.5 Å². The average molecular weight is 336 g/mol. The van der Waals surface area contributed by atoms with E-state index in [9.17, 15) is 4.21 Å². The van der Waals surface area contributed by atoms with Crippen molar-refractivity contribution in [1.29, 1.82) is 0 Å². The molecule has 3 aromatic rings. The van der Waals surface area contributed by atoms with E-state index in [1.807, 2.05) is 42.5 Å². The second-order valence-electron chi connectivity index (χ2n) is 5.77. The van der Waals surface area contributed by atoms with Crippen molar-refractivity contribution in [2.45, 2.75) is 18.1 Å². The van der Waals surface area contributed by atoms with Gasteiger partial charge in [0, 0.05) is 22.3 Å². The molecule has 0 spiro atoms. The molecule has 1 N–H and O–H groups in total. The van der Waals surface area contributed by atoms with Crippen molar-refractivity contribution in [3.05, 3.63) is 95.6 Å². The Morgan fingerprint density at radius 1 is 0.625 bits per heavy atom. The molecule has 0 amide bonds. The van der Waals surface area contributed by atoms with Crippen molar-refractivity contribution < 1.29 is 9.32 Å². The molecule has 3 aromatic carbocycles. The predicted molar refractivity (Wildman–Crippen MR) is 99.8 cm³/mol. The average Bonchev–Trinajstić information content (AvgIpc) is 2.64. The summed E-state index contributed by atoms with van der Waals surface area (Å²) in [4.78, 5) is 0. The normalized spacial score (nSPS) is 12.0. The van der Waals surface area contributed by atoms with Gasteiger partial charge in [0.25, 0.3) is 0 Å². The maximum absolute atomic E-state index is 12.4. The van der Waals surface area contributed by atoms with Crippen molar-refractivity contribution >= 4 is 10.8 Å². The Kier molecular flexibility index (Phi) is 5.57. The number of hydrogen-bond acceptors (Lipinski definition) is 2. The van der Waals surface area contributed by atoms with Crippen molar-refractivity contribution in [3.8, 4) is 11.1 Å². The van der Waals surface area contributed by atoms with Crippen LogP contribution in [0.1, 0.15) is 16.7 Å². The molecule has 1 atom stereocenters. The van der Waals surface area contributed by atoms with Crippen LogP contribution in [0.2, 0.25) is 0 Å². The molecule has 0 aliphatic heterocycles. The highest BCUT2D eigenvalue weighted by molar-refractivity contribution is 7.83. The van der Waals surface area contributed by atoms with Crippen molar-refractivity contribution in [2.24, 2.45) is 0 Å². The van der Waals surface area contributed by atoms with E-state index < -0.39 is 10.8 Å². The van der Waals surface area contributed by atoms with Crippen LogP contribution in [0.4, 0.5) is 0 Å². The summed E-state index contributed by atoms with van der Waals surface area (Å²) in [6, 6.07) is 26.1. The highest BCUT2D eigenvalue weighted by Crippen LogP contribution is 2.20. The molecule has 3 rings (SSSR count). The summed E-state index contributed by atoms with van der Waals surface area (Å²) in [6.45, 7) is 0.0388. The number of benzene rings is 3. The molecule has 0 saturated heterocycles. The van der Waals surface area contributed by atoms with E-state index in [-0.39, 0.29) is 6.61 Å². The monoisotopic (exact) mass is 336 g/mol. The van der Waals surface area contributed by atoms with Gasteiger partial charge in [0.05, 0.1) is 6.61 Å². The number of hydrogen-bond donors (Lipinski definition) is 1. The van der Waals surface area contributed by atoms with Gasteiger partial charge in [-0.05, 0) is 27.8 Å². The summed E-state index contributed by atoms with van der Waals surface area (Å²) in [5.74, 6) is 1.09. The van der Waals surface area contributed by atoms with Crippen LogP contribution in [-0.4, -0.2) is 9.32 Å². The number of aliphatic hydroxyl groups is 1. The summed E-state index contributed by atoms with van der Waals surface area (Å²) in [5.41, 5.74) is 5.35. The van der Waals surface area contributed by atoms with Crippen LogP contribution in [0.25, 0.3) is 11.1 Å². The van der Waals surface area contributed by atoms with Crippen LogP contribution in [0.5, 0.6) is 0 Å². The molecule has 3 heteroatoms. The Labute approximate surface area is 145 Å². The lowest BCUT2D eigenvalue weighted by Gasteiger charge is -2.06. The van der Waals surface area contributed by atoms with Gasteiger partial charge >= 0.3 is 0 Å². The fraction of sp³-hybridized carbons (Fsp3) is 0.143. The maximum Gasteiger partial charge on any atom is 0.0681 e. The Hall–Kier alpha value is -2.23. The lowest BCUT2D eigenvalue weighted by Crippen LogP contribution is -1.99. The van der Waals surface area contributed by atoms with Gasteiger partial charge < -0.3 is 5.11 Å². The van der Waals surface area contributed by atoms with Crippen molar-refractivity contribution in [2.75, 3.05) is 0 Å². The van der Waals surface area contributed by atoms with Gasteiger partial charge in [0.1, 0.15) is 0 Å². The van der Waals surface area contributed by atoms with Gasteiger partial charge in [-0.25, -0.2) is 0 Å². The zero-order valence-electron chi connectivity index (χ0n) is 13.4. The molecule has 0 fully saturated rings. The van der Waals surface area contributed by atoms with Crippen LogP contribution in [0, 0.1) is 0 Å². The second-order valence-corrected chi connectivity index (χ2v) is 7.22. The maximum atomic E-state index is 12.4. The van der Waals surface area contributed by atoms with E-state index >= 15 is 0 Å². The first-order valence-electron chi connectivity index (χ1n) is 7.92. The molecule has 0 aliphatic rings. The molecule has 1 unspecified atom stereocenters. The van der Waals surface area contributed by atoms with E-state index in [1.54, 1.807) is 0 Å². The SMILES string of the molecule is O=S(Cc1ccc(CO)cc1)Cc1ccc(-c2ccccc2)cc1. The molecule has 0 saturated carbocycles. The van der Waals surface area contributed by atoms with Gasteiger partial charge in [-0.15, -0.1) is 0 Å². The predicted octanol–water partition coefficient (Wildman–Crippen LogP) is 4.29. The van der Waals surface area contributed by atoms with Crippen molar-refractivity contribution in [1.82, 2.24) is 0 Å². The summed E-state index contributed by atoms with van der Waals surface area (Å²) in [6.07, 6.45) is 0. The second kappa shape index (κ2) is 8.04. The highest BCUT2D eigenvalue weighted by atomic mass is 32.2. The first-order chi connectivity index (χ1) is 11.7. The Balaban J connectivity index is 1.62. The first kappa shape index (κ1) is 16.6. The smallest absolute Gasteiger partial charge is 0.0681 e. The van der Waals surface area contributed by atoms with Gasteiger partial charge in [-0.1, -0.05) is 78.9 Å². The molecule has 0 aromatic heterocycles. The molecular formula is C21H20O2S. The topological polar surface area (TPSA) is 37.3 Å². The molecule has 0 aliphatic carbocycles. The fourth-order valence-electron chi connectivity index (χ4n) is 2.59. The summed E-state index contributed by atoms with van der Waals surface area (Å²) < 4.78 is 12.4. The third kappa shape index (κ3) is 4.40. The molecule has 0 radical (unpaired) electrons. The van der Waals surface area contributed by atoms with Gasteiger partial charge in [-0.2, -0.15) is 0 Å².